The molecule has 1 amide bonds. The van der Waals surface area contributed by atoms with Crippen molar-refractivity contribution in [3.05, 3.63) is 59.5 Å². The lowest BCUT2D eigenvalue weighted by molar-refractivity contribution is 0.102. The van der Waals surface area contributed by atoms with E-state index in [1.54, 1.807) is 24.5 Å². The highest BCUT2D eigenvalue weighted by atomic mass is 35.5. The van der Waals surface area contributed by atoms with Gasteiger partial charge in [-0.05, 0) is 18.2 Å². The summed E-state index contributed by atoms with van der Waals surface area (Å²) in [6, 6.07) is 9.10. The molecule has 3 rings (SSSR count). The first-order valence-corrected chi connectivity index (χ1v) is 6.10. The number of carbonyl (C=O) groups excluding carboxylic acids is 1. The first-order chi connectivity index (χ1) is 9.25. The molecular weight excluding hydrogens is 262 g/mol. The molecular formula is C14H10ClN3O. The van der Waals surface area contributed by atoms with Crippen LogP contribution in [0.5, 0.6) is 0 Å². The van der Waals surface area contributed by atoms with E-state index in [4.69, 9.17) is 11.6 Å². The molecule has 0 aliphatic carbocycles. The van der Waals surface area contributed by atoms with Gasteiger partial charge in [0.25, 0.3) is 5.91 Å². The number of aromatic amines is 1. The number of halogens is 1. The van der Waals surface area contributed by atoms with E-state index in [-0.39, 0.29) is 5.91 Å². The lowest BCUT2D eigenvalue weighted by atomic mass is 10.1. The van der Waals surface area contributed by atoms with Gasteiger partial charge in [0.15, 0.2) is 0 Å². The summed E-state index contributed by atoms with van der Waals surface area (Å²) in [5.74, 6) is -0.219. The van der Waals surface area contributed by atoms with Crippen molar-refractivity contribution in [2.45, 2.75) is 0 Å². The number of H-pyrrole nitrogens is 1. The van der Waals surface area contributed by atoms with Gasteiger partial charge in [-0.1, -0.05) is 23.7 Å². The van der Waals surface area contributed by atoms with E-state index in [1.165, 1.54) is 6.20 Å². The maximum atomic E-state index is 12.3. The van der Waals surface area contributed by atoms with Gasteiger partial charge >= 0.3 is 0 Å². The maximum Gasteiger partial charge on any atom is 0.257 e. The molecule has 0 fully saturated rings. The molecule has 0 spiro atoms. The minimum Gasteiger partial charge on any atom is -0.361 e. The Bertz CT molecular complexity index is 751. The van der Waals surface area contributed by atoms with Crippen LogP contribution in [0.2, 0.25) is 5.02 Å². The number of benzene rings is 1. The van der Waals surface area contributed by atoms with Crippen molar-refractivity contribution in [1.29, 1.82) is 0 Å². The van der Waals surface area contributed by atoms with Crippen LogP contribution in [0.25, 0.3) is 10.9 Å². The van der Waals surface area contributed by atoms with Crippen molar-refractivity contribution in [3.63, 3.8) is 0 Å². The number of hydrogen-bond acceptors (Lipinski definition) is 2. The lowest BCUT2D eigenvalue weighted by Gasteiger charge is -2.07. The zero-order valence-corrected chi connectivity index (χ0v) is 10.6. The largest absolute Gasteiger partial charge is 0.361 e. The summed E-state index contributed by atoms with van der Waals surface area (Å²) < 4.78 is 0. The third kappa shape index (κ3) is 2.18. The van der Waals surface area contributed by atoms with Gasteiger partial charge < -0.3 is 10.3 Å². The number of pyridine rings is 1. The number of amides is 1. The zero-order valence-electron chi connectivity index (χ0n) is 9.85. The fraction of sp³-hybridized carbons (Fsp3) is 0. The van der Waals surface area contributed by atoms with E-state index in [9.17, 15) is 4.79 Å². The normalized spacial score (nSPS) is 10.6. The standard InChI is InChI=1S/C14H10ClN3O/c15-11-5-6-16-8-12(11)18-14(19)10-3-1-2-9-4-7-17-13(9)10/h1-8,17H,(H,18,19). The summed E-state index contributed by atoms with van der Waals surface area (Å²) in [4.78, 5) is 19.3. The molecule has 0 atom stereocenters. The number of aromatic nitrogens is 2. The highest BCUT2D eigenvalue weighted by Crippen LogP contribution is 2.22. The van der Waals surface area contributed by atoms with Crippen molar-refractivity contribution in [1.82, 2.24) is 9.97 Å². The summed E-state index contributed by atoms with van der Waals surface area (Å²) in [5, 5.41) is 4.21. The van der Waals surface area contributed by atoms with Gasteiger partial charge in [0.05, 0.1) is 28.0 Å². The molecule has 4 nitrogen and oxygen atoms in total. The van der Waals surface area contributed by atoms with Crippen LogP contribution < -0.4 is 5.32 Å². The molecule has 19 heavy (non-hydrogen) atoms. The summed E-state index contributed by atoms with van der Waals surface area (Å²) in [6.07, 6.45) is 4.90. The number of hydrogen-bond donors (Lipinski definition) is 2. The Hall–Kier alpha value is -2.33. The van der Waals surface area contributed by atoms with Gasteiger partial charge in [-0.15, -0.1) is 0 Å². The van der Waals surface area contributed by atoms with Crippen molar-refractivity contribution in [2.24, 2.45) is 0 Å². The van der Waals surface area contributed by atoms with Gasteiger partial charge in [0.2, 0.25) is 0 Å². The first-order valence-electron chi connectivity index (χ1n) is 5.72. The van der Waals surface area contributed by atoms with Crippen molar-refractivity contribution < 1.29 is 4.79 Å². The SMILES string of the molecule is O=C(Nc1cnccc1Cl)c1cccc2cc[nH]c12. The number of nitrogens with one attached hydrogen (secondary N) is 2. The average molecular weight is 272 g/mol. The molecule has 0 aliphatic heterocycles. The monoisotopic (exact) mass is 271 g/mol. The predicted octanol–water partition coefficient (Wildman–Crippen LogP) is 3.47. The first kappa shape index (κ1) is 11.7. The van der Waals surface area contributed by atoms with Crippen LogP contribution in [0.15, 0.2) is 48.9 Å². The number of nitrogens with zero attached hydrogens (tertiary/aromatic N) is 1. The molecule has 0 saturated carbocycles. The van der Waals surface area contributed by atoms with E-state index in [1.807, 2.05) is 18.2 Å². The Kier molecular flexibility index (Phi) is 2.93. The molecule has 94 valence electrons. The molecule has 0 radical (unpaired) electrons. The predicted molar refractivity (Wildman–Crippen MR) is 75.5 cm³/mol. The molecule has 2 aromatic heterocycles. The highest BCUT2D eigenvalue weighted by Gasteiger charge is 2.12. The van der Waals surface area contributed by atoms with E-state index in [0.29, 0.717) is 16.3 Å². The summed E-state index contributed by atoms with van der Waals surface area (Å²) in [6.45, 7) is 0. The van der Waals surface area contributed by atoms with Crippen LogP contribution in [0.3, 0.4) is 0 Å². The van der Waals surface area contributed by atoms with E-state index >= 15 is 0 Å². The summed E-state index contributed by atoms with van der Waals surface area (Å²) >= 11 is 5.99. The summed E-state index contributed by atoms with van der Waals surface area (Å²) in [7, 11) is 0. The smallest absolute Gasteiger partial charge is 0.257 e. The van der Waals surface area contributed by atoms with Crippen LogP contribution in [-0.2, 0) is 0 Å². The molecule has 2 N–H and O–H groups in total. The van der Waals surface area contributed by atoms with Gasteiger partial charge in [0.1, 0.15) is 0 Å². The Balaban J connectivity index is 1.97. The Morgan fingerprint density at radius 1 is 1.26 bits per heavy atom. The molecule has 3 aromatic rings. The van der Waals surface area contributed by atoms with Gasteiger partial charge in [-0.25, -0.2) is 0 Å². The molecule has 0 saturated heterocycles. The fourth-order valence-electron chi connectivity index (χ4n) is 1.93. The van der Waals surface area contributed by atoms with Crippen LogP contribution in [0.1, 0.15) is 10.4 Å². The van der Waals surface area contributed by atoms with Crippen molar-refractivity contribution in [3.8, 4) is 0 Å². The molecule has 0 aliphatic rings. The van der Waals surface area contributed by atoms with E-state index in [0.717, 1.165) is 10.9 Å². The van der Waals surface area contributed by atoms with Gasteiger partial charge in [0, 0.05) is 17.8 Å². The molecule has 2 heterocycles. The second kappa shape index (κ2) is 4.74. The number of para-hydroxylation sites is 1. The third-order valence-electron chi connectivity index (χ3n) is 2.85. The number of anilines is 1. The van der Waals surface area contributed by atoms with Crippen LogP contribution in [0.4, 0.5) is 5.69 Å². The fourth-order valence-corrected chi connectivity index (χ4v) is 2.09. The van der Waals surface area contributed by atoms with Gasteiger partial charge in [-0.2, -0.15) is 0 Å². The molecule has 0 unspecified atom stereocenters. The Morgan fingerprint density at radius 2 is 2.16 bits per heavy atom. The second-order valence-electron chi connectivity index (χ2n) is 4.06. The molecule has 0 bridgehead atoms. The van der Waals surface area contributed by atoms with Gasteiger partial charge in [-0.3, -0.25) is 9.78 Å². The van der Waals surface area contributed by atoms with E-state index < -0.39 is 0 Å². The minimum atomic E-state index is -0.219. The van der Waals surface area contributed by atoms with Crippen LogP contribution in [-0.4, -0.2) is 15.9 Å². The van der Waals surface area contributed by atoms with Crippen molar-refractivity contribution >= 4 is 34.1 Å². The zero-order chi connectivity index (χ0) is 13.2. The molecule has 1 aromatic carbocycles. The third-order valence-corrected chi connectivity index (χ3v) is 3.18. The topological polar surface area (TPSA) is 57.8 Å². The Morgan fingerprint density at radius 3 is 3.00 bits per heavy atom. The quantitative estimate of drug-likeness (QED) is 0.750. The summed E-state index contributed by atoms with van der Waals surface area (Å²) in [5.41, 5.74) is 1.88. The second-order valence-corrected chi connectivity index (χ2v) is 4.46. The van der Waals surface area contributed by atoms with Crippen LogP contribution >= 0.6 is 11.6 Å². The highest BCUT2D eigenvalue weighted by molar-refractivity contribution is 6.34. The lowest BCUT2D eigenvalue weighted by Crippen LogP contribution is -2.12. The number of fused-ring (bicyclic) bond motifs is 1. The average Bonchev–Trinajstić information content (AvgIpc) is 2.89. The number of carbonyl (C=O) groups is 1. The Labute approximate surface area is 114 Å². The minimum absolute atomic E-state index is 0.219. The maximum absolute atomic E-state index is 12.3. The molecule has 5 heteroatoms. The van der Waals surface area contributed by atoms with Crippen LogP contribution in [0, 0.1) is 0 Å². The van der Waals surface area contributed by atoms with E-state index in [2.05, 4.69) is 15.3 Å². The number of rotatable bonds is 2. The van der Waals surface area contributed by atoms with Crippen molar-refractivity contribution in [2.75, 3.05) is 5.32 Å².